The van der Waals surface area contributed by atoms with Crippen LogP contribution in [0.2, 0.25) is 0 Å². The second-order valence-electron chi connectivity index (χ2n) is 7.08. The summed E-state index contributed by atoms with van der Waals surface area (Å²) in [6.07, 6.45) is 1.13. The molecule has 4 nitrogen and oxygen atoms in total. The van der Waals surface area contributed by atoms with Gasteiger partial charge in [0.2, 0.25) is 11.8 Å². The van der Waals surface area contributed by atoms with Crippen LogP contribution in [0, 0.1) is 11.7 Å². The number of fused-ring (bicyclic) bond motifs is 1. The van der Waals surface area contributed by atoms with Crippen molar-refractivity contribution in [2.75, 3.05) is 13.1 Å². The van der Waals surface area contributed by atoms with E-state index in [1.807, 2.05) is 17.0 Å². The number of hydrogen-bond donors (Lipinski definition) is 0. The van der Waals surface area contributed by atoms with Crippen LogP contribution in [0.3, 0.4) is 0 Å². The molecule has 1 saturated heterocycles. The minimum Gasteiger partial charge on any atom is -0.338 e. The molecule has 0 saturated carbocycles. The van der Waals surface area contributed by atoms with Gasteiger partial charge >= 0.3 is 0 Å². The number of carbonyl (C=O) groups is 2. The van der Waals surface area contributed by atoms with Crippen LogP contribution in [0.5, 0.6) is 0 Å². The van der Waals surface area contributed by atoms with Gasteiger partial charge in [0.25, 0.3) is 0 Å². The van der Waals surface area contributed by atoms with Crippen molar-refractivity contribution in [2.45, 2.75) is 25.9 Å². The highest BCUT2D eigenvalue weighted by atomic mass is 19.1. The molecule has 134 valence electrons. The number of nitrogens with zero attached hydrogens (tertiary/aromatic N) is 2. The van der Waals surface area contributed by atoms with E-state index in [0.29, 0.717) is 26.2 Å². The average molecular weight is 352 g/mol. The van der Waals surface area contributed by atoms with Crippen molar-refractivity contribution in [2.24, 2.45) is 5.92 Å². The number of rotatable bonds is 3. The van der Waals surface area contributed by atoms with Crippen molar-refractivity contribution in [1.29, 1.82) is 0 Å². The highest BCUT2D eigenvalue weighted by Crippen LogP contribution is 2.25. The van der Waals surface area contributed by atoms with Crippen LogP contribution in [0.1, 0.15) is 23.1 Å². The summed E-state index contributed by atoms with van der Waals surface area (Å²) in [5, 5.41) is 0. The van der Waals surface area contributed by atoms with Crippen LogP contribution in [-0.2, 0) is 29.1 Å². The lowest BCUT2D eigenvalue weighted by molar-refractivity contribution is -0.136. The molecular formula is C21H21FN2O2. The summed E-state index contributed by atoms with van der Waals surface area (Å²) >= 11 is 0. The molecule has 1 fully saturated rings. The SMILES string of the molecule is O=C1CC(C(=O)N2CCc3ccccc3C2)CN1Cc1ccc(F)cc1. The van der Waals surface area contributed by atoms with Crippen molar-refractivity contribution in [3.63, 3.8) is 0 Å². The van der Waals surface area contributed by atoms with Gasteiger partial charge in [0, 0.05) is 32.6 Å². The topological polar surface area (TPSA) is 40.6 Å². The van der Waals surface area contributed by atoms with Gasteiger partial charge in [-0.1, -0.05) is 36.4 Å². The predicted octanol–water partition coefficient (Wildman–Crippen LogP) is 2.76. The zero-order chi connectivity index (χ0) is 18.1. The number of hydrogen-bond acceptors (Lipinski definition) is 2. The second kappa shape index (κ2) is 6.90. The largest absolute Gasteiger partial charge is 0.338 e. The first-order valence-corrected chi connectivity index (χ1v) is 8.98. The Morgan fingerprint density at radius 3 is 2.58 bits per heavy atom. The second-order valence-corrected chi connectivity index (χ2v) is 7.08. The first kappa shape index (κ1) is 16.8. The van der Waals surface area contributed by atoms with Crippen molar-refractivity contribution >= 4 is 11.8 Å². The van der Waals surface area contributed by atoms with Crippen LogP contribution >= 0.6 is 0 Å². The van der Waals surface area contributed by atoms with Gasteiger partial charge in [-0.2, -0.15) is 0 Å². The molecule has 0 bridgehead atoms. The summed E-state index contributed by atoms with van der Waals surface area (Å²) in [6, 6.07) is 14.3. The van der Waals surface area contributed by atoms with Gasteiger partial charge in [-0.15, -0.1) is 0 Å². The molecule has 0 N–H and O–H groups in total. The van der Waals surface area contributed by atoms with E-state index in [9.17, 15) is 14.0 Å². The standard InChI is InChI=1S/C21H21FN2O2/c22-19-7-5-15(6-8-19)12-24-14-18(11-20(24)25)21(26)23-10-9-16-3-1-2-4-17(16)13-23/h1-8,18H,9-14H2. The molecule has 1 atom stereocenters. The summed E-state index contributed by atoms with van der Waals surface area (Å²) < 4.78 is 13.0. The highest BCUT2D eigenvalue weighted by molar-refractivity contribution is 5.89. The van der Waals surface area contributed by atoms with E-state index in [4.69, 9.17) is 0 Å². The lowest BCUT2D eigenvalue weighted by atomic mass is 9.98. The molecule has 2 aromatic carbocycles. The average Bonchev–Trinajstić information content (AvgIpc) is 3.03. The maximum Gasteiger partial charge on any atom is 0.228 e. The van der Waals surface area contributed by atoms with Crippen LogP contribution in [0.15, 0.2) is 48.5 Å². The van der Waals surface area contributed by atoms with Crippen molar-refractivity contribution < 1.29 is 14.0 Å². The molecule has 2 aliphatic rings. The molecule has 2 aliphatic heterocycles. The molecule has 2 amide bonds. The molecule has 4 rings (SSSR count). The fraction of sp³-hybridized carbons (Fsp3) is 0.333. The third-order valence-electron chi connectivity index (χ3n) is 5.29. The lowest BCUT2D eigenvalue weighted by Crippen LogP contribution is -2.40. The van der Waals surface area contributed by atoms with E-state index in [2.05, 4.69) is 12.1 Å². The number of halogens is 1. The molecule has 1 unspecified atom stereocenters. The Balaban J connectivity index is 1.40. The smallest absolute Gasteiger partial charge is 0.228 e. The fourth-order valence-electron chi connectivity index (χ4n) is 3.84. The van der Waals surface area contributed by atoms with Gasteiger partial charge in [0.15, 0.2) is 0 Å². The molecule has 0 aliphatic carbocycles. The summed E-state index contributed by atoms with van der Waals surface area (Å²) in [5.74, 6) is -0.521. The van der Waals surface area contributed by atoms with E-state index in [1.165, 1.54) is 23.3 Å². The minimum atomic E-state index is -0.292. The summed E-state index contributed by atoms with van der Waals surface area (Å²) in [4.78, 5) is 28.8. The van der Waals surface area contributed by atoms with E-state index in [0.717, 1.165) is 12.0 Å². The summed E-state index contributed by atoms with van der Waals surface area (Å²) in [7, 11) is 0. The Morgan fingerprint density at radius 2 is 1.81 bits per heavy atom. The Hall–Kier alpha value is -2.69. The molecular weight excluding hydrogens is 331 g/mol. The Morgan fingerprint density at radius 1 is 1.08 bits per heavy atom. The first-order valence-electron chi connectivity index (χ1n) is 8.98. The number of carbonyl (C=O) groups excluding carboxylic acids is 2. The number of likely N-dealkylation sites (tertiary alicyclic amines) is 1. The third kappa shape index (κ3) is 3.34. The normalized spacial score (nSPS) is 19.6. The third-order valence-corrected chi connectivity index (χ3v) is 5.29. The quantitative estimate of drug-likeness (QED) is 0.852. The molecule has 0 spiro atoms. The van der Waals surface area contributed by atoms with E-state index in [1.54, 1.807) is 17.0 Å². The Labute approximate surface area is 152 Å². The molecule has 2 aromatic rings. The lowest BCUT2D eigenvalue weighted by Gasteiger charge is -2.30. The molecule has 5 heteroatoms. The zero-order valence-electron chi connectivity index (χ0n) is 14.5. The predicted molar refractivity (Wildman–Crippen MR) is 95.5 cm³/mol. The van der Waals surface area contributed by atoms with E-state index < -0.39 is 0 Å². The fourth-order valence-corrected chi connectivity index (χ4v) is 3.84. The summed E-state index contributed by atoms with van der Waals surface area (Å²) in [5.41, 5.74) is 3.37. The molecule has 0 aromatic heterocycles. The van der Waals surface area contributed by atoms with Crippen molar-refractivity contribution in [3.05, 3.63) is 71.0 Å². The van der Waals surface area contributed by atoms with Crippen LogP contribution in [0.25, 0.3) is 0 Å². The Kier molecular flexibility index (Phi) is 4.45. The van der Waals surface area contributed by atoms with Gasteiger partial charge in [0.05, 0.1) is 5.92 Å². The van der Waals surface area contributed by atoms with Crippen LogP contribution in [0.4, 0.5) is 4.39 Å². The van der Waals surface area contributed by atoms with Crippen molar-refractivity contribution in [3.8, 4) is 0 Å². The monoisotopic (exact) mass is 352 g/mol. The Bertz CT molecular complexity index is 834. The summed E-state index contributed by atoms with van der Waals surface area (Å²) in [6.45, 7) is 2.19. The van der Waals surface area contributed by atoms with Crippen LogP contribution < -0.4 is 0 Å². The zero-order valence-corrected chi connectivity index (χ0v) is 14.5. The molecule has 2 heterocycles. The maximum absolute atomic E-state index is 13.0. The van der Waals surface area contributed by atoms with Gasteiger partial charge in [0.1, 0.15) is 5.82 Å². The molecule has 26 heavy (non-hydrogen) atoms. The van der Waals surface area contributed by atoms with Crippen molar-refractivity contribution in [1.82, 2.24) is 9.80 Å². The molecule has 0 radical (unpaired) electrons. The highest BCUT2D eigenvalue weighted by Gasteiger charge is 2.37. The van der Waals surface area contributed by atoms with Gasteiger partial charge in [-0.3, -0.25) is 9.59 Å². The van der Waals surface area contributed by atoms with Gasteiger partial charge in [-0.25, -0.2) is 4.39 Å². The van der Waals surface area contributed by atoms with E-state index in [-0.39, 0.29) is 30.0 Å². The minimum absolute atomic E-state index is 0.00918. The van der Waals surface area contributed by atoms with Crippen LogP contribution in [-0.4, -0.2) is 34.7 Å². The number of amides is 2. The van der Waals surface area contributed by atoms with Gasteiger partial charge < -0.3 is 9.80 Å². The first-order chi connectivity index (χ1) is 12.6. The number of benzene rings is 2. The van der Waals surface area contributed by atoms with E-state index >= 15 is 0 Å². The maximum atomic E-state index is 13.0. The van der Waals surface area contributed by atoms with Gasteiger partial charge in [-0.05, 0) is 35.2 Å².